The number of carbonyl (C=O) groups is 2. The first-order valence-corrected chi connectivity index (χ1v) is 9.61. The number of para-hydroxylation sites is 1. The Balaban J connectivity index is 1.32. The second-order valence-electron chi connectivity index (χ2n) is 7.50. The number of rotatable bonds is 3. The summed E-state index contributed by atoms with van der Waals surface area (Å²) in [5.74, 6) is 0.251. The first kappa shape index (κ1) is 17.3. The number of likely N-dealkylation sites (tertiary alicyclic amines) is 1. The molecule has 1 aromatic carbocycles. The van der Waals surface area contributed by atoms with Gasteiger partial charge in [-0.15, -0.1) is 0 Å². The molecule has 0 N–H and O–H groups in total. The minimum Gasteiger partial charge on any atom is -0.370 e. The minimum atomic E-state index is 0.0405. The molecule has 140 valence electrons. The lowest BCUT2D eigenvalue weighted by Crippen LogP contribution is -2.52. The monoisotopic (exact) mass is 357 g/mol. The van der Waals surface area contributed by atoms with Crippen LogP contribution in [0.2, 0.25) is 0 Å². The third-order valence-corrected chi connectivity index (χ3v) is 6.05. The van der Waals surface area contributed by atoms with Crippen molar-refractivity contribution >= 4 is 17.5 Å². The molecular weight excluding hydrogens is 330 g/mol. The Bertz CT molecular complexity index is 693. The Morgan fingerprint density at radius 3 is 2.88 bits per heavy atom. The number of morpholine rings is 1. The van der Waals surface area contributed by atoms with Gasteiger partial charge in [0.25, 0.3) is 0 Å². The SMILES string of the molecule is CN1C(=O)CO[C@H]2CCN(C(=O)CCN3CCc4ccccc43)CC[C@@H]21. The van der Waals surface area contributed by atoms with Gasteiger partial charge in [0.2, 0.25) is 11.8 Å². The number of nitrogens with zero attached hydrogens (tertiary/aromatic N) is 3. The van der Waals surface area contributed by atoms with Gasteiger partial charge in [0.1, 0.15) is 6.61 Å². The highest BCUT2D eigenvalue weighted by molar-refractivity contribution is 5.79. The molecule has 0 saturated carbocycles. The molecule has 2 amide bonds. The Kier molecular flexibility index (Phi) is 4.85. The average Bonchev–Trinajstić information content (AvgIpc) is 2.94. The second-order valence-corrected chi connectivity index (χ2v) is 7.50. The summed E-state index contributed by atoms with van der Waals surface area (Å²) in [5, 5.41) is 0. The first-order valence-electron chi connectivity index (χ1n) is 9.61. The van der Waals surface area contributed by atoms with Crippen molar-refractivity contribution in [3.8, 4) is 0 Å². The largest absolute Gasteiger partial charge is 0.370 e. The van der Waals surface area contributed by atoms with Gasteiger partial charge in [-0.25, -0.2) is 0 Å². The second kappa shape index (κ2) is 7.27. The summed E-state index contributed by atoms with van der Waals surface area (Å²) in [5.41, 5.74) is 2.65. The molecule has 0 aromatic heterocycles. The van der Waals surface area contributed by atoms with Crippen molar-refractivity contribution in [3.05, 3.63) is 29.8 Å². The lowest BCUT2D eigenvalue weighted by molar-refractivity contribution is -0.154. The summed E-state index contributed by atoms with van der Waals surface area (Å²) >= 11 is 0. The molecule has 3 aliphatic heterocycles. The van der Waals surface area contributed by atoms with E-state index in [9.17, 15) is 9.59 Å². The van der Waals surface area contributed by atoms with Gasteiger partial charge >= 0.3 is 0 Å². The third kappa shape index (κ3) is 3.30. The van der Waals surface area contributed by atoms with Crippen LogP contribution in [-0.2, 0) is 20.7 Å². The van der Waals surface area contributed by atoms with Crippen LogP contribution in [0, 0.1) is 0 Å². The minimum absolute atomic E-state index is 0.0405. The van der Waals surface area contributed by atoms with E-state index in [2.05, 4.69) is 29.2 Å². The number of carbonyl (C=O) groups excluding carboxylic acids is 2. The normalized spacial score (nSPS) is 25.7. The van der Waals surface area contributed by atoms with Crippen LogP contribution in [0.1, 0.15) is 24.8 Å². The van der Waals surface area contributed by atoms with Crippen LogP contribution in [0.3, 0.4) is 0 Å². The van der Waals surface area contributed by atoms with E-state index >= 15 is 0 Å². The van der Waals surface area contributed by atoms with Gasteiger partial charge in [-0.1, -0.05) is 18.2 Å². The van der Waals surface area contributed by atoms with Gasteiger partial charge in [-0.2, -0.15) is 0 Å². The molecule has 1 aromatic rings. The number of anilines is 1. The Hall–Kier alpha value is -2.08. The number of hydrogen-bond donors (Lipinski definition) is 0. The predicted molar refractivity (Wildman–Crippen MR) is 99.1 cm³/mol. The maximum atomic E-state index is 12.7. The van der Waals surface area contributed by atoms with Crippen LogP contribution in [0.15, 0.2) is 24.3 Å². The van der Waals surface area contributed by atoms with Crippen molar-refractivity contribution in [2.45, 2.75) is 37.8 Å². The maximum absolute atomic E-state index is 12.7. The number of amides is 2. The molecule has 3 heterocycles. The molecule has 2 atom stereocenters. The van der Waals surface area contributed by atoms with Crippen LogP contribution >= 0.6 is 0 Å². The molecule has 4 rings (SSSR count). The highest BCUT2D eigenvalue weighted by Crippen LogP contribution is 2.28. The number of ether oxygens (including phenoxy) is 1. The molecule has 0 unspecified atom stereocenters. The standard InChI is InChI=1S/C20H27N3O3/c1-21-17-7-11-23(12-8-18(17)26-14-20(21)25)19(24)9-13-22-10-6-15-4-2-3-5-16(15)22/h2-5,17-18H,6-14H2,1H3/t17-,18-/m0/s1. The number of fused-ring (bicyclic) bond motifs is 2. The number of benzene rings is 1. The molecule has 26 heavy (non-hydrogen) atoms. The van der Waals surface area contributed by atoms with Gasteiger partial charge in [0.05, 0.1) is 12.1 Å². The number of likely N-dealkylation sites (N-methyl/N-ethyl adjacent to an activating group) is 1. The van der Waals surface area contributed by atoms with Crippen molar-refractivity contribution in [1.29, 1.82) is 0 Å². The van der Waals surface area contributed by atoms with E-state index in [1.807, 2.05) is 16.8 Å². The third-order valence-electron chi connectivity index (χ3n) is 6.05. The van der Waals surface area contributed by atoms with Crippen LogP contribution in [-0.4, -0.2) is 73.6 Å². The zero-order chi connectivity index (χ0) is 18.1. The lowest BCUT2D eigenvalue weighted by atomic mass is 10.0. The molecule has 6 nitrogen and oxygen atoms in total. The van der Waals surface area contributed by atoms with Crippen LogP contribution in [0.25, 0.3) is 0 Å². The Labute approximate surface area is 154 Å². The van der Waals surface area contributed by atoms with E-state index in [0.717, 1.165) is 38.9 Å². The molecule has 0 radical (unpaired) electrons. The van der Waals surface area contributed by atoms with E-state index < -0.39 is 0 Å². The lowest BCUT2D eigenvalue weighted by Gasteiger charge is -2.37. The Morgan fingerprint density at radius 2 is 2.00 bits per heavy atom. The smallest absolute Gasteiger partial charge is 0.248 e. The van der Waals surface area contributed by atoms with Crippen LogP contribution < -0.4 is 4.90 Å². The summed E-state index contributed by atoms with van der Waals surface area (Å²) in [6, 6.07) is 8.56. The maximum Gasteiger partial charge on any atom is 0.248 e. The quantitative estimate of drug-likeness (QED) is 0.818. The zero-order valence-corrected chi connectivity index (χ0v) is 15.4. The fourth-order valence-corrected chi connectivity index (χ4v) is 4.44. The van der Waals surface area contributed by atoms with Crippen molar-refractivity contribution in [3.63, 3.8) is 0 Å². The molecule has 2 saturated heterocycles. The van der Waals surface area contributed by atoms with Crippen molar-refractivity contribution in [1.82, 2.24) is 9.80 Å². The van der Waals surface area contributed by atoms with Crippen LogP contribution in [0.4, 0.5) is 5.69 Å². The average molecular weight is 357 g/mol. The molecule has 2 fully saturated rings. The first-order chi connectivity index (χ1) is 12.6. The Morgan fingerprint density at radius 1 is 1.19 bits per heavy atom. The number of hydrogen-bond acceptors (Lipinski definition) is 4. The van der Waals surface area contributed by atoms with E-state index in [1.165, 1.54) is 11.3 Å². The fourth-order valence-electron chi connectivity index (χ4n) is 4.44. The molecule has 6 heteroatoms. The topological polar surface area (TPSA) is 53.1 Å². The summed E-state index contributed by atoms with van der Waals surface area (Å²) in [4.78, 5) is 30.7. The van der Waals surface area contributed by atoms with Gasteiger partial charge in [-0.3, -0.25) is 9.59 Å². The van der Waals surface area contributed by atoms with Gasteiger partial charge in [0.15, 0.2) is 0 Å². The van der Waals surface area contributed by atoms with Crippen molar-refractivity contribution in [2.75, 3.05) is 44.7 Å². The van der Waals surface area contributed by atoms with Crippen molar-refractivity contribution < 1.29 is 14.3 Å². The highest BCUT2D eigenvalue weighted by atomic mass is 16.5. The van der Waals surface area contributed by atoms with Gasteiger partial charge < -0.3 is 19.4 Å². The summed E-state index contributed by atoms with van der Waals surface area (Å²) in [6.07, 6.45) is 3.26. The highest BCUT2D eigenvalue weighted by Gasteiger charge is 2.37. The fraction of sp³-hybridized carbons (Fsp3) is 0.600. The summed E-state index contributed by atoms with van der Waals surface area (Å²) in [6.45, 7) is 3.36. The predicted octanol–water partition coefficient (Wildman–Crippen LogP) is 1.29. The summed E-state index contributed by atoms with van der Waals surface area (Å²) < 4.78 is 5.72. The van der Waals surface area contributed by atoms with E-state index in [4.69, 9.17) is 4.74 Å². The van der Waals surface area contributed by atoms with Crippen LogP contribution in [0.5, 0.6) is 0 Å². The van der Waals surface area contributed by atoms with E-state index in [1.54, 1.807) is 0 Å². The van der Waals surface area contributed by atoms with E-state index in [-0.39, 0.29) is 30.6 Å². The van der Waals surface area contributed by atoms with Crippen molar-refractivity contribution in [2.24, 2.45) is 0 Å². The molecule has 3 aliphatic rings. The summed E-state index contributed by atoms with van der Waals surface area (Å²) in [7, 11) is 1.85. The zero-order valence-electron chi connectivity index (χ0n) is 15.4. The van der Waals surface area contributed by atoms with E-state index in [0.29, 0.717) is 13.0 Å². The van der Waals surface area contributed by atoms with Gasteiger partial charge in [-0.05, 0) is 30.9 Å². The molecule has 0 bridgehead atoms. The molecule has 0 aliphatic carbocycles. The molecular formula is C20H27N3O3. The molecule has 0 spiro atoms. The van der Waals surface area contributed by atoms with Gasteiger partial charge in [0, 0.05) is 45.3 Å².